The molecular formula is C34H49NO4. The van der Waals surface area contributed by atoms with Crippen LogP contribution >= 0.6 is 0 Å². The molecule has 0 bridgehead atoms. The summed E-state index contributed by atoms with van der Waals surface area (Å²) in [6, 6.07) is 12.8. The number of carbonyl (C=O) groups is 2. The van der Waals surface area contributed by atoms with Gasteiger partial charge in [-0.15, -0.1) is 0 Å². The van der Waals surface area contributed by atoms with Crippen LogP contribution in [-0.2, 0) is 16.6 Å². The van der Waals surface area contributed by atoms with Crippen molar-refractivity contribution in [2.75, 3.05) is 7.05 Å². The molecule has 2 N–H and O–H groups in total. The van der Waals surface area contributed by atoms with Crippen molar-refractivity contribution < 1.29 is 19.8 Å². The molecule has 0 aliphatic heterocycles. The van der Waals surface area contributed by atoms with E-state index < -0.39 is 17.1 Å². The van der Waals surface area contributed by atoms with E-state index in [2.05, 4.69) is 52.0 Å². The maximum absolute atomic E-state index is 13.2. The van der Waals surface area contributed by atoms with Gasteiger partial charge in [0.25, 0.3) is 5.91 Å². The molecule has 39 heavy (non-hydrogen) atoms. The standard InChI is InChI=1S/C34H49NO4/c1-9-33(10-2,28-16-17-29(24(4)21-28)30(36)35(8)32(6,7)31(37)38)27-15-14-26(23(3)20-27)22-25(5)34(39)18-12-11-13-19-34/h14-17,20-21,25,39H,9-13,18-19,22H2,1-8H3,(H,37,38). The summed E-state index contributed by atoms with van der Waals surface area (Å²) in [5, 5.41) is 20.8. The summed E-state index contributed by atoms with van der Waals surface area (Å²) < 4.78 is 0. The van der Waals surface area contributed by atoms with Gasteiger partial charge in [-0.3, -0.25) is 4.79 Å². The van der Waals surface area contributed by atoms with Crippen LogP contribution in [0.2, 0.25) is 0 Å². The zero-order valence-corrected chi connectivity index (χ0v) is 25.4. The van der Waals surface area contributed by atoms with Crippen molar-refractivity contribution in [2.45, 2.75) is 116 Å². The van der Waals surface area contributed by atoms with Crippen molar-refractivity contribution >= 4 is 11.9 Å². The van der Waals surface area contributed by atoms with Crippen molar-refractivity contribution in [3.05, 3.63) is 69.8 Å². The number of aliphatic carboxylic acids is 1. The van der Waals surface area contributed by atoms with Gasteiger partial charge >= 0.3 is 5.97 Å². The molecule has 1 amide bonds. The van der Waals surface area contributed by atoms with E-state index >= 15 is 0 Å². The minimum atomic E-state index is -1.30. The molecule has 5 nitrogen and oxygen atoms in total. The van der Waals surface area contributed by atoms with Gasteiger partial charge in [-0.25, -0.2) is 4.79 Å². The molecule has 1 atom stereocenters. The van der Waals surface area contributed by atoms with Gasteiger partial charge in [0.1, 0.15) is 5.54 Å². The van der Waals surface area contributed by atoms with Crippen LogP contribution in [0.4, 0.5) is 0 Å². The number of rotatable bonds is 10. The van der Waals surface area contributed by atoms with E-state index in [1.807, 2.05) is 19.1 Å². The number of carboxylic acids is 1. The van der Waals surface area contributed by atoms with E-state index in [4.69, 9.17) is 0 Å². The molecule has 3 rings (SSSR count). The van der Waals surface area contributed by atoms with Gasteiger partial charge in [-0.2, -0.15) is 0 Å². The maximum atomic E-state index is 13.2. The maximum Gasteiger partial charge on any atom is 0.329 e. The van der Waals surface area contributed by atoms with Crippen LogP contribution in [-0.4, -0.2) is 45.2 Å². The molecule has 1 unspecified atom stereocenters. The Hall–Kier alpha value is -2.66. The van der Waals surface area contributed by atoms with Gasteiger partial charge < -0.3 is 15.1 Å². The second kappa shape index (κ2) is 11.8. The van der Waals surface area contributed by atoms with Crippen molar-refractivity contribution in [3.63, 3.8) is 0 Å². The molecule has 5 heteroatoms. The number of amides is 1. The lowest BCUT2D eigenvalue weighted by atomic mass is 9.69. The number of carbonyl (C=O) groups excluding carboxylic acids is 1. The van der Waals surface area contributed by atoms with E-state index in [-0.39, 0.29) is 17.2 Å². The fourth-order valence-electron chi connectivity index (χ4n) is 6.41. The van der Waals surface area contributed by atoms with Crippen LogP contribution in [0.15, 0.2) is 36.4 Å². The monoisotopic (exact) mass is 535 g/mol. The van der Waals surface area contributed by atoms with Gasteiger partial charge in [0.05, 0.1) is 5.60 Å². The third kappa shape index (κ3) is 5.94. The largest absolute Gasteiger partial charge is 0.480 e. The summed E-state index contributed by atoms with van der Waals surface area (Å²) in [6.45, 7) is 13.8. The number of aryl methyl sites for hydroxylation is 2. The number of carboxylic acid groups (broad SMARTS) is 1. The van der Waals surface area contributed by atoms with Crippen molar-refractivity contribution in [3.8, 4) is 0 Å². The highest BCUT2D eigenvalue weighted by atomic mass is 16.4. The van der Waals surface area contributed by atoms with Crippen molar-refractivity contribution in [1.82, 2.24) is 4.90 Å². The first-order valence-electron chi connectivity index (χ1n) is 14.7. The summed E-state index contributed by atoms with van der Waals surface area (Å²) >= 11 is 0. The molecule has 1 aliphatic carbocycles. The quantitative estimate of drug-likeness (QED) is 0.337. The van der Waals surface area contributed by atoms with Crippen LogP contribution in [0.5, 0.6) is 0 Å². The van der Waals surface area contributed by atoms with E-state index in [0.29, 0.717) is 5.56 Å². The van der Waals surface area contributed by atoms with Gasteiger partial charge in [0.2, 0.25) is 0 Å². The molecule has 0 heterocycles. The van der Waals surface area contributed by atoms with Gasteiger partial charge in [-0.1, -0.05) is 70.4 Å². The predicted octanol–water partition coefficient (Wildman–Crippen LogP) is 7.22. The third-order valence-electron chi connectivity index (χ3n) is 9.94. The highest BCUT2D eigenvalue weighted by molar-refractivity contribution is 5.98. The van der Waals surface area contributed by atoms with Gasteiger partial charge in [0, 0.05) is 18.0 Å². The molecule has 0 aromatic heterocycles. The number of hydrogen-bond donors (Lipinski definition) is 2. The van der Waals surface area contributed by atoms with Gasteiger partial charge in [0.15, 0.2) is 0 Å². The number of aliphatic hydroxyl groups is 1. The summed E-state index contributed by atoms with van der Waals surface area (Å²) in [5.74, 6) is -1.11. The second-order valence-electron chi connectivity index (χ2n) is 12.5. The topological polar surface area (TPSA) is 77.8 Å². The fourth-order valence-corrected chi connectivity index (χ4v) is 6.41. The van der Waals surface area contributed by atoms with Crippen LogP contribution in [0.1, 0.15) is 118 Å². The zero-order valence-electron chi connectivity index (χ0n) is 25.4. The number of hydrogen-bond acceptors (Lipinski definition) is 3. The lowest BCUT2D eigenvalue weighted by molar-refractivity contribution is -0.147. The van der Waals surface area contributed by atoms with E-state index in [9.17, 15) is 19.8 Å². The van der Waals surface area contributed by atoms with E-state index in [1.54, 1.807) is 20.9 Å². The minimum absolute atomic E-state index is 0.199. The Morgan fingerprint density at radius 2 is 1.49 bits per heavy atom. The molecule has 0 radical (unpaired) electrons. The van der Waals surface area contributed by atoms with E-state index in [0.717, 1.165) is 50.5 Å². The Balaban J connectivity index is 1.92. The molecule has 214 valence electrons. The highest BCUT2D eigenvalue weighted by Gasteiger charge is 2.38. The lowest BCUT2D eigenvalue weighted by Crippen LogP contribution is -2.50. The molecule has 0 saturated heterocycles. The molecule has 1 saturated carbocycles. The fraction of sp³-hybridized carbons (Fsp3) is 0.588. The second-order valence-corrected chi connectivity index (χ2v) is 12.5. The Bertz CT molecular complexity index is 1190. The minimum Gasteiger partial charge on any atom is -0.480 e. The lowest BCUT2D eigenvalue weighted by Gasteiger charge is -2.38. The molecule has 0 spiro atoms. The summed E-state index contributed by atoms with van der Waals surface area (Å²) in [7, 11) is 1.55. The Kier molecular flexibility index (Phi) is 9.37. The smallest absolute Gasteiger partial charge is 0.329 e. The first-order valence-corrected chi connectivity index (χ1v) is 14.7. The number of nitrogens with zero attached hydrogens (tertiary/aromatic N) is 1. The van der Waals surface area contributed by atoms with E-state index in [1.165, 1.54) is 33.6 Å². The first-order chi connectivity index (χ1) is 18.2. The summed E-state index contributed by atoms with van der Waals surface area (Å²) in [4.78, 5) is 26.2. The zero-order chi connectivity index (χ0) is 29.2. The highest BCUT2D eigenvalue weighted by Crippen LogP contribution is 2.41. The molecule has 1 aliphatic rings. The SMILES string of the molecule is CCC(CC)(c1ccc(CC(C)C2(O)CCCCC2)c(C)c1)c1ccc(C(=O)N(C)C(C)(C)C(=O)O)c(C)c1. The Morgan fingerprint density at radius 1 is 0.949 bits per heavy atom. The Labute approximate surface area is 235 Å². The Morgan fingerprint density at radius 3 is 1.97 bits per heavy atom. The molecular weight excluding hydrogens is 486 g/mol. The third-order valence-corrected chi connectivity index (χ3v) is 9.94. The van der Waals surface area contributed by atoms with Gasteiger partial charge in [-0.05, 0) is 99.6 Å². The van der Waals surface area contributed by atoms with Crippen LogP contribution in [0.3, 0.4) is 0 Å². The van der Waals surface area contributed by atoms with Crippen LogP contribution < -0.4 is 0 Å². The number of benzene rings is 2. The number of likely N-dealkylation sites (N-methyl/N-ethyl adjacent to an activating group) is 1. The van der Waals surface area contributed by atoms with Crippen molar-refractivity contribution in [2.24, 2.45) is 5.92 Å². The average Bonchev–Trinajstić information content (AvgIpc) is 2.90. The van der Waals surface area contributed by atoms with Crippen LogP contribution in [0, 0.1) is 19.8 Å². The first kappa shape index (κ1) is 30.9. The summed E-state index contributed by atoms with van der Waals surface area (Å²) in [6.07, 6.45) is 7.98. The normalized spacial score (nSPS) is 16.5. The summed E-state index contributed by atoms with van der Waals surface area (Å²) in [5.41, 5.74) is 4.30. The average molecular weight is 536 g/mol. The molecule has 2 aromatic rings. The molecule has 1 fully saturated rings. The van der Waals surface area contributed by atoms with Crippen LogP contribution in [0.25, 0.3) is 0 Å². The predicted molar refractivity (Wildman–Crippen MR) is 158 cm³/mol. The molecule has 2 aromatic carbocycles. The van der Waals surface area contributed by atoms with Crippen molar-refractivity contribution in [1.29, 1.82) is 0 Å².